The molecule has 9 heteroatoms. The highest BCUT2D eigenvalue weighted by molar-refractivity contribution is 6.04. The van der Waals surface area contributed by atoms with Crippen molar-refractivity contribution in [3.8, 4) is 17.2 Å². The molecule has 3 aromatic rings. The summed E-state index contributed by atoms with van der Waals surface area (Å²) in [6.07, 6.45) is 0.576. The van der Waals surface area contributed by atoms with Crippen LogP contribution in [0, 0.1) is 6.92 Å². The lowest BCUT2D eigenvalue weighted by Gasteiger charge is -2.30. The summed E-state index contributed by atoms with van der Waals surface area (Å²) in [6.45, 7) is 5.02. The number of aliphatic hydroxyl groups is 1. The second-order valence-corrected chi connectivity index (χ2v) is 8.33. The number of likely N-dealkylation sites (tertiary alicyclic amines) is 1. The number of hydrogen-bond donors (Lipinski definition) is 2. The van der Waals surface area contributed by atoms with E-state index >= 15 is 0 Å². The van der Waals surface area contributed by atoms with Crippen LogP contribution >= 0.6 is 0 Å². The van der Waals surface area contributed by atoms with E-state index in [2.05, 4.69) is 10.4 Å². The highest BCUT2D eigenvalue weighted by atomic mass is 16.5. The first-order valence-corrected chi connectivity index (χ1v) is 11.1. The normalized spacial score (nSPS) is 13.7. The molecule has 1 atom stereocenters. The molecular formula is C25H28N4O5. The minimum Gasteiger partial charge on any atom is -0.488 e. The number of carbonyl (C=O) groups is 2. The van der Waals surface area contributed by atoms with Crippen molar-refractivity contribution < 1.29 is 24.2 Å². The average molecular weight is 465 g/mol. The number of aromatic nitrogens is 2. The van der Waals surface area contributed by atoms with E-state index in [0.717, 1.165) is 25.2 Å². The van der Waals surface area contributed by atoms with E-state index < -0.39 is 6.10 Å². The van der Waals surface area contributed by atoms with Crippen LogP contribution in [0.3, 0.4) is 0 Å². The van der Waals surface area contributed by atoms with Gasteiger partial charge in [-0.2, -0.15) is 5.10 Å². The van der Waals surface area contributed by atoms with Crippen molar-refractivity contribution in [2.45, 2.75) is 26.4 Å². The highest BCUT2D eigenvalue weighted by Gasteiger charge is 2.21. The minimum absolute atomic E-state index is 0.00917. The SMILES string of the molecule is Cc1cc(NC(=O)c2cc(Oc3ccc(C(=O)N4CCC4)cc3)cc(O[C@@H](C)CO)c2)nn1C. The predicted octanol–water partition coefficient (Wildman–Crippen LogP) is 3.38. The molecule has 2 aromatic carbocycles. The largest absolute Gasteiger partial charge is 0.488 e. The summed E-state index contributed by atoms with van der Waals surface area (Å²) < 4.78 is 13.4. The van der Waals surface area contributed by atoms with Crippen molar-refractivity contribution in [2.75, 3.05) is 25.0 Å². The highest BCUT2D eigenvalue weighted by Crippen LogP contribution is 2.29. The van der Waals surface area contributed by atoms with Gasteiger partial charge in [0.15, 0.2) is 5.82 Å². The molecule has 2 amide bonds. The number of ether oxygens (including phenoxy) is 2. The maximum Gasteiger partial charge on any atom is 0.257 e. The maximum atomic E-state index is 12.9. The monoisotopic (exact) mass is 464 g/mol. The van der Waals surface area contributed by atoms with Crippen molar-refractivity contribution in [1.29, 1.82) is 0 Å². The van der Waals surface area contributed by atoms with Crippen LogP contribution in [0.1, 0.15) is 39.8 Å². The summed E-state index contributed by atoms with van der Waals surface area (Å²) in [4.78, 5) is 27.1. The zero-order chi connectivity index (χ0) is 24.2. The van der Waals surface area contributed by atoms with E-state index in [4.69, 9.17) is 9.47 Å². The Morgan fingerprint density at radius 3 is 2.35 bits per heavy atom. The zero-order valence-electron chi connectivity index (χ0n) is 19.4. The molecule has 1 aliphatic heterocycles. The van der Waals surface area contributed by atoms with E-state index in [1.54, 1.807) is 72.1 Å². The Bertz CT molecular complexity index is 1170. The first kappa shape index (κ1) is 23.3. The molecule has 1 fully saturated rings. The number of aryl methyl sites for hydroxylation is 2. The van der Waals surface area contributed by atoms with E-state index in [0.29, 0.717) is 34.2 Å². The van der Waals surface area contributed by atoms with Gasteiger partial charge in [0.25, 0.3) is 11.8 Å². The molecule has 2 N–H and O–H groups in total. The fraction of sp³-hybridized carbons (Fsp3) is 0.320. The zero-order valence-corrected chi connectivity index (χ0v) is 19.4. The summed E-state index contributed by atoms with van der Waals surface area (Å²) in [5, 5.41) is 16.4. The third-order valence-corrected chi connectivity index (χ3v) is 5.57. The molecule has 0 radical (unpaired) electrons. The number of nitrogens with zero attached hydrogens (tertiary/aromatic N) is 3. The number of nitrogens with one attached hydrogen (secondary N) is 1. The van der Waals surface area contributed by atoms with Gasteiger partial charge in [-0.3, -0.25) is 14.3 Å². The van der Waals surface area contributed by atoms with Gasteiger partial charge in [0, 0.05) is 49.1 Å². The van der Waals surface area contributed by atoms with E-state index in [1.165, 1.54) is 0 Å². The summed E-state index contributed by atoms with van der Waals surface area (Å²) in [5.74, 6) is 1.34. The van der Waals surface area contributed by atoms with Crippen molar-refractivity contribution in [1.82, 2.24) is 14.7 Å². The second-order valence-electron chi connectivity index (χ2n) is 8.33. The quantitative estimate of drug-likeness (QED) is 0.530. The molecule has 1 saturated heterocycles. The Balaban J connectivity index is 1.54. The lowest BCUT2D eigenvalue weighted by atomic mass is 10.1. The molecule has 1 aromatic heterocycles. The Labute approximate surface area is 197 Å². The van der Waals surface area contributed by atoms with Gasteiger partial charge in [0.2, 0.25) is 0 Å². The topological polar surface area (TPSA) is 106 Å². The van der Waals surface area contributed by atoms with Crippen molar-refractivity contribution in [3.63, 3.8) is 0 Å². The van der Waals surface area contributed by atoms with Gasteiger partial charge in [-0.15, -0.1) is 0 Å². The van der Waals surface area contributed by atoms with Crippen molar-refractivity contribution in [3.05, 3.63) is 65.4 Å². The molecule has 0 aliphatic carbocycles. The van der Waals surface area contributed by atoms with Gasteiger partial charge < -0.3 is 24.8 Å². The molecule has 0 unspecified atom stereocenters. The molecule has 178 valence electrons. The number of hydrogen-bond acceptors (Lipinski definition) is 6. The number of rotatable bonds is 8. The Hall–Kier alpha value is -3.85. The van der Waals surface area contributed by atoms with Gasteiger partial charge in [-0.25, -0.2) is 0 Å². The van der Waals surface area contributed by atoms with Crippen LogP contribution < -0.4 is 14.8 Å². The van der Waals surface area contributed by atoms with Gasteiger partial charge in [0.1, 0.15) is 23.4 Å². The molecule has 0 saturated carbocycles. The standard InChI is InChI=1S/C25H28N4O5/c1-16-11-23(27-28(16)3)26-24(31)19-12-21(33-17(2)15-30)14-22(13-19)34-20-7-5-18(6-8-20)25(32)29-9-4-10-29/h5-8,11-14,17,30H,4,9-10,15H2,1-3H3,(H,26,27,31)/t17-/m0/s1. The molecule has 4 rings (SSSR count). The Kier molecular flexibility index (Phi) is 6.83. The van der Waals surface area contributed by atoms with Gasteiger partial charge >= 0.3 is 0 Å². The van der Waals surface area contributed by atoms with Crippen LogP contribution in [0.15, 0.2) is 48.5 Å². The van der Waals surface area contributed by atoms with Crippen molar-refractivity contribution in [2.24, 2.45) is 7.05 Å². The molecule has 2 heterocycles. The molecule has 1 aliphatic rings. The van der Waals surface area contributed by atoms with E-state index in [-0.39, 0.29) is 18.4 Å². The summed E-state index contributed by atoms with van der Waals surface area (Å²) >= 11 is 0. The number of aliphatic hydroxyl groups excluding tert-OH is 1. The summed E-state index contributed by atoms with van der Waals surface area (Å²) in [6, 6.07) is 13.5. The first-order chi connectivity index (χ1) is 16.3. The molecule has 34 heavy (non-hydrogen) atoms. The maximum absolute atomic E-state index is 12.9. The van der Waals surface area contributed by atoms with Crippen LogP contribution in [0.4, 0.5) is 5.82 Å². The number of anilines is 1. The lowest BCUT2D eigenvalue weighted by molar-refractivity contribution is 0.0651. The van der Waals surface area contributed by atoms with Gasteiger partial charge in [0.05, 0.1) is 6.61 Å². The number of benzene rings is 2. The Morgan fingerprint density at radius 2 is 1.76 bits per heavy atom. The number of amides is 2. The Morgan fingerprint density at radius 1 is 1.06 bits per heavy atom. The average Bonchev–Trinajstić information content (AvgIpc) is 3.09. The fourth-order valence-electron chi connectivity index (χ4n) is 3.41. The van der Waals surface area contributed by atoms with Crippen LogP contribution in [0.2, 0.25) is 0 Å². The van der Waals surface area contributed by atoms with E-state index in [1.807, 2.05) is 6.92 Å². The van der Waals surface area contributed by atoms with Crippen LogP contribution in [-0.2, 0) is 7.05 Å². The van der Waals surface area contributed by atoms with Crippen molar-refractivity contribution >= 4 is 17.6 Å². The number of carbonyl (C=O) groups excluding carboxylic acids is 2. The summed E-state index contributed by atoms with van der Waals surface area (Å²) in [7, 11) is 1.80. The summed E-state index contributed by atoms with van der Waals surface area (Å²) in [5.41, 5.74) is 1.82. The predicted molar refractivity (Wildman–Crippen MR) is 127 cm³/mol. The first-order valence-electron chi connectivity index (χ1n) is 11.1. The smallest absolute Gasteiger partial charge is 0.257 e. The van der Waals surface area contributed by atoms with Gasteiger partial charge in [-0.05, 0) is 56.7 Å². The van der Waals surface area contributed by atoms with Crippen LogP contribution in [0.5, 0.6) is 17.2 Å². The molecule has 0 bridgehead atoms. The second kappa shape index (κ2) is 9.96. The molecule has 0 spiro atoms. The molecule has 9 nitrogen and oxygen atoms in total. The lowest BCUT2D eigenvalue weighted by Crippen LogP contribution is -2.41. The molecular weight excluding hydrogens is 436 g/mol. The minimum atomic E-state index is -0.462. The fourth-order valence-corrected chi connectivity index (χ4v) is 3.41. The van der Waals surface area contributed by atoms with Gasteiger partial charge in [-0.1, -0.05) is 0 Å². The van der Waals surface area contributed by atoms with Crippen LogP contribution in [-0.4, -0.2) is 57.4 Å². The van der Waals surface area contributed by atoms with Crippen LogP contribution in [0.25, 0.3) is 0 Å². The third-order valence-electron chi connectivity index (χ3n) is 5.57. The third kappa shape index (κ3) is 5.37. The van der Waals surface area contributed by atoms with E-state index in [9.17, 15) is 14.7 Å².